The predicted molar refractivity (Wildman–Crippen MR) is 113 cm³/mol. The Morgan fingerprint density at radius 1 is 0.778 bits per heavy atom. The van der Waals surface area contributed by atoms with E-state index in [0.29, 0.717) is 0 Å². The van der Waals surface area contributed by atoms with Crippen molar-refractivity contribution in [3.63, 3.8) is 0 Å². The van der Waals surface area contributed by atoms with Crippen LogP contribution in [0.1, 0.15) is 16.7 Å². The van der Waals surface area contributed by atoms with Gasteiger partial charge in [0.05, 0.1) is 0 Å². The largest absolute Gasteiger partial charge is 2.00 e. The van der Waals surface area contributed by atoms with E-state index in [1.807, 2.05) is 60.7 Å². The Kier molecular flexibility index (Phi) is 8.82. The maximum absolute atomic E-state index is 3.20. The smallest absolute Gasteiger partial charge is 0.165 e. The molecule has 0 saturated carbocycles. The Morgan fingerprint density at radius 2 is 1.41 bits per heavy atom. The van der Waals surface area contributed by atoms with Gasteiger partial charge in [0.15, 0.2) is 0 Å². The van der Waals surface area contributed by atoms with E-state index in [0.717, 1.165) is 5.56 Å². The maximum Gasteiger partial charge on any atom is 2.00 e. The van der Waals surface area contributed by atoms with Crippen molar-refractivity contribution in [1.82, 2.24) is 0 Å². The number of fused-ring (bicyclic) bond motifs is 1. The molecule has 130 valence electrons. The van der Waals surface area contributed by atoms with Gasteiger partial charge in [-0.25, -0.2) is 0 Å². The summed E-state index contributed by atoms with van der Waals surface area (Å²) < 4.78 is 0. The SMILES string of the molecule is Cc1cc2ccccc2[cH-]1.[C-](=CC=Cc1ccccc1)c1ccccc1.[Zr+2]. The molecule has 0 fully saturated rings. The number of benzene rings is 3. The van der Waals surface area contributed by atoms with Crippen molar-refractivity contribution in [2.24, 2.45) is 0 Å². The van der Waals surface area contributed by atoms with Crippen LogP contribution in [0.15, 0.2) is 109 Å². The summed E-state index contributed by atoms with van der Waals surface area (Å²) in [6.07, 6.45) is 9.20. The standard InChI is InChI=1S/C16H13.C10H9.Zr/c1-3-9-15(10-4-1)13-7-8-14-16-11-5-2-6-12-16;1-8-6-9-4-2-3-5-10(9)7-8;/h1-13H;2-7H,1H3;/q2*-1;+2. The first kappa shape index (κ1) is 20.9. The summed E-state index contributed by atoms with van der Waals surface area (Å²) in [5.74, 6) is 0. The van der Waals surface area contributed by atoms with Crippen LogP contribution < -0.4 is 0 Å². The van der Waals surface area contributed by atoms with Crippen LogP contribution in [0, 0.1) is 13.0 Å². The van der Waals surface area contributed by atoms with Crippen LogP contribution in [0.5, 0.6) is 0 Å². The van der Waals surface area contributed by atoms with E-state index in [2.05, 4.69) is 67.6 Å². The number of rotatable bonds is 3. The van der Waals surface area contributed by atoms with Gasteiger partial charge in [0.25, 0.3) is 0 Å². The quantitative estimate of drug-likeness (QED) is 0.245. The molecule has 0 atom stereocenters. The zero-order chi connectivity index (χ0) is 18.0. The average molecular weight is 426 g/mol. The summed E-state index contributed by atoms with van der Waals surface area (Å²) in [6.45, 7) is 2.12. The molecule has 1 heteroatoms. The molecular weight excluding hydrogens is 404 g/mol. The molecule has 0 aliphatic rings. The van der Waals surface area contributed by atoms with Gasteiger partial charge in [-0.2, -0.15) is 6.07 Å². The van der Waals surface area contributed by atoms with Gasteiger partial charge in [-0.05, 0) is 5.56 Å². The number of hydrogen-bond donors (Lipinski definition) is 0. The number of allylic oxidation sites excluding steroid dienone is 2. The molecule has 4 rings (SSSR count). The predicted octanol–water partition coefficient (Wildman–Crippen LogP) is 6.97. The van der Waals surface area contributed by atoms with E-state index in [1.54, 1.807) is 0 Å². The summed E-state index contributed by atoms with van der Waals surface area (Å²) >= 11 is 0. The molecule has 4 aromatic carbocycles. The van der Waals surface area contributed by atoms with Crippen LogP contribution in [-0.4, -0.2) is 0 Å². The number of aryl methyl sites for hydroxylation is 1. The fraction of sp³-hybridized carbons (Fsp3) is 0.0385. The topological polar surface area (TPSA) is 0 Å². The van der Waals surface area contributed by atoms with Crippen LogP contribution in [0.3, 0.4) is 0 Å². The number of hydrogen-bond acceptors (Lipinski definition) is 0. The van der Waals surface area contributed by atoms with Gasteiger partial charge in [-0.15, -0.1) is 88.7 Å². The molecule has 0 saturated heterocycles. The van der Waals surface area contributed by atoms with Crippen LogP contribution in [0.2, 0.25) is 0 Å². The average Bonchev–Trinajstić information content (AvgIpc) is 3.07. The molecule has 27 heavy (non-hydrogen) atoms. The van der Waals surface area contributed by atoms with Gasteiger partial charge in [-0.3, -0.25) is 0 Å². The Labute approximate surface area is 181 Å². The molecule has 0 nitrogen and oxygen atoms in total. The summed E-state index contributed by atoms with van der Waals surface area (Å²) in [4.78, 5) is 0. The van der Waals surface area contributed by atoms with Crippen LogP contribution >= 0.6 is 0 Å². The molecule has 0 bridgehead atoms. The third-order valence-corrected chi connectivity index (χ3v) is 3.97. The zero-order valence-electron chi connectivity index (χ0n) is 15.5. The second-order valence-electron chi connectivity index (χ2n) is 6.11. The maximum atomic E-state index is 3.20. The van der Waals surface area contributed by atoms with Gasteiger partial charge in [0, 0.05) is 0 Å². The Hall–Kier alpha value is -2.37. The van der Waals surface area contributed by atoms with E-state index < -0.39 is 0 Å². The van der Waals surface area contributed by atoms with E-state index in [1.165, 1.54) is 21.9 Å². The fourth-order valence-electron chi connectivity index (χ4n) is 2.71. The third kappa shape index (κ3) is 7.04. The summed E-state index contributed by atoms with van der Waals surface area (Å²) in [5, 5.41) is 2.69. The van der Waals surface area contributed by atoms with E-state index in [4.69, 9.17) is 0 Å². The molecule has 0 aliphatic heterocycles. The van der Waals surface area contributed by atoms with Crippen molar-refractivity contribution < 1.29 is 26.2 Å². The minimum absolute atomic E-state index is 0. The molecule has 4 aromatic rings. The molecule has 0 unspecified atom stereocenters. The van der Waals surface area contributed by atoms with Crippen molar-refractivity contribution in [3.8, 4) is 0 Å². The zero-order valence-corrected chi connectivity index (χ0v) is 17.9. The normalized spacial score (nSPS) is 10.6. The first-order chi connectivity index (χ1) is 12.8. The van der Waals surface area contributed by atoms with Crippen molar-refractivity contribution in [2.45, 2.75) is 6.92 Å². The van der Waals surface area contributed by atoms with Gasteiger partial charge in [0.2, 0.25) is 0 Å². The third-order valence-electron chi connectivity index (χ3n) is 3.97. The first-order valence-electron chi connectivity index (χ1n) is 8.80. The molecule has 0 spiro atoms. The van der Waals surface area contributed by atoms with Crippen LogP contribution in [-0.2, 0) is 26.2 Å². The van der Waals surface area contributed by atoms with E-state index in [-0.39, 0.29) is 26.2 Å². The Bertz CT molecular complexity index is 896. The second kappa shape index (κ2) is 11.4. The van der Waals surface area contributed by atoms with Crippen LogP contribution in [0.25, 0.3) is 16.8 Å². The van der Waals surface area contributed by atoms with Crippen molar-refractivity contribution >= 4 is 16.8 Å². The van der Waals surface area contributed by atoms with E-state index in [9.17, 15) is 0 Å². The first-order valence-corrected chi connectivity index (χ1v) is 8.80. The Morgan fingerprint density at radius 3 is 2.11 bits per heavy atom. The summed E-state index contributed by atoms with van der Waals surface area (Å²) in [5.41, 5.74) is 3.65. The van der Waals surface area contributed by atoms with Gasteiger partial charge in [-0.1, -0.05) is 55.5 Å². The summed E-state index contributed by atoms with van der Waals surface area (Å²) in [6, 6.07) is 33.2. The monoisotopic (exact) mass is 424 g/mol. The van der Waals surface area contributed by atoms with Crippen molar-refractivity contribution in [1.29, 1.82) is 0 Å². The summed E-state index contributed by atoms with van der Waals surface area (Å²) in [7, 11) is 0. The minimum Gasteiger partial charge on any atom is -0.165 e. The minimum atomic E-state index is 0. The van der Waals surface area contributed by atoms with Gasteiger partial charge >= 0.3 is 26.2 Å². The molecule has 0 N–H and O–H groups in total. The van der Waals surface area contributed by atoms with Crippen LogP contribution in [0.4, 0.5) is 0 Å². The molecule has 0 aliphatic carbocycles. The second-order valence-corrected chi connectivity index (χ2v) is 6.11. The van der Waals surface area contributed by atoms with Crippen molar-refractivity contribution in [3.05, 3.63) is 132 Å². The van der Waals surface area contributed by atoms with Gasteiger partial charge in [0.1, 0.15) is 0 Å². The molecule has 0 aromatic heterocycles. The molecular formula is C26H22Zr. The van der Waals surface area contributed by atoms with Crippen molar-refractivity contribution in [2.75, 3.05) is 0 Å². The molecule has 0 heterocycles. The Balaban J connectivity index is 0.000000205. The van der Waals surface area contributed by atoms with E-state index >= 15 is 0 Å². The molecule has 0 radical (unpaired) electrons. The fourth-order valence-corrected chi connectivity index (χ4v) is 2.71. The molecule has 0 amide bonds. The van der Waals surface area contributed by atoms with Gasteiger partial charge < -0.3 is 0 Å².